The van der Waals surface area contributed by atoms with Crippen LogP contribution in [0.5, 0.6) is 5.75 Å². The molecule has 1 aromatic carbocycles. The molecule has 3 N–H and O–H groups in total. The maximum Gasteiger partial charge on any atom is 0.397 e. The predicted octanol–water partition coefficient (Wildman–Crippen LogP) is -0.650. The predicted molar refractivity (Wildman–Crippen MR) is 81.9 cm³/mol. The van der Waals surface area contributed by atoms with E-state index in [-0.39, 0.29) is 5.56 Å². The van der Waals surface area contributed by atoms with Crippen molar-refractivity contribution in [2.75, 3.05) is 12.4 Å². The summed E-state index contributed by atoms with van der Waals surface area (Å²) in [5, 5.41) is 0. The lowest BCUT2D eigenvalue weighted by Crippen LogP contribution is -2.16. The van der Waals surface area contributed by atoms with Crippen LogP contribution in [0.2, 0.25) is 0 Å². The maximum atomic E-state index is 11.7. The van der Waals surface area contributed by atoms with Gasteiger partial charge >= 0.3 is 10.4 Å². The Morgan fingerprint density at radius 3 is 1.92 bits per heavy atom. The van der Waals surface area contributed by atoms with Gasteiger partial charge in [-0.2, -0.15) is 25.3 Å². The van der Waals surface area contributed by atoms with Crippen molar-refractivity contribution in [1.82, 2.24) is 0 Å². The Morgan fingerprint density at radius 2 is 1.48 bits per heavy atom. The molecule has 0 saturated carbocycles. The van der Waals surface area contributed by atoms with Gasteiger partial charge in [0.25, 0.3) is 20.2 Å². The number of benzene rings is 1. The zero-order valence-electron chi connectivity index (χ0n) is 12.2. The fourth-order valence-corrected chi connectivity index (χ4v) is 4.06. The van der Waals surface area contributed by atoms with Crippen molar-refractivity contribution in [1.29, 1.82) is 0 Å². The lowest BCUT2D eigenvalue weighted by Gasteiger charge is -2.11. The summed E-state index contributed by atoms with van der Waals surface area (Å²) >= 11 is -2.37. The van der Waals surface area contributed by atoms with Gasteiger partial charge in [-0.1, -0.05) is 0 Å². The molecule has 1 rings (SSSR count). The molecule has 0 heterocycles. The molecule has 0 spiro atoms. The Kier molecular flexibility index (Phi) is 6.68. The number of aryl methyl sites for hydroxylation is 1. The third-order valence-electron chi connectivity index (χ3n) is 2.46. The van der Waals surface area contributed by atoms with E-state index in [1.165, 1.54) is 0 Å². The van der Waals surface area contributed by atoms with Crippen molar-refractivity contribution in [3.8, 4) is 5.75 Å². The quantitative estimate of drug-likeness (QED) is 0.432. The molecule has 12 nitrogen and oxygen atoms in total. The van der Waals surface area contributed by atoms with Crippen molar-refractivity contribution >= 4 is 41.7 Å². The Bertz CT molecular complexity index is 989. The fourth-order valence-electron chi connectivity index (χ4n) is 1.54. The molecular weight excluding hydrogens is 428 g/mol. The molecule has 1 aromatic rings. The summed E-state index contributed by atoms with van der Waals surface area (Å²) < 4.78 is 112. The van der Waals surface area contributed by atoms with Crippen LogP contribution in [0.3, 0.4) is 0 Å². The minimum Gasteiger partial charge on any atom is -0.399 e. The summed E-state index contributed by atoms with van der Waals surface area (Å²) in [6.45, 7) is 0.392. The molecular formula is C9H12O12S4. The first-order valence-electron chi connectivity index (χ1n) is 5.89. The van der Waals surface area contributed by atoms with Crippen molar-refractivity contribution < 1.29 is 51.5 Å². The van der Waals surface area contributed by atoms with E-state index in [1.54, 1.807) is 0 Å². The van der Waals surface area contributed by atoms with Crippen LogP contribution in [0.15, 0.2) is 21.9 Å². The fraction of sp³-hybridized carbons (Fsp3) is 0.333. The van der Waals surface area contributed by atoms with E-state index in [1.807, 2.05) is 0 Å². The average molecular weight is 440 g/mol. The third-order valence-corrected chi connectivity index (χ3v) is 5.66. The van der Waals surface area contributed by atoms with Crippen LogP contribution in [0.25, 0.3) is 0 Å². The van der Waals surface area contributed by atoms with Gasteiger partial charge in [0.1, 0.15) is 4.90 Å². The topological polar surface area (TPSA) is 199 Å². The Labute approximate surface area is 145 Å². The molecule has 144 valence electrons. The van der Waals surface area contributed by atoms with Crippen LogP contribution in [0.1, 0.15) is 5.56 Å². The molecule has 0 radical (unpaired) electrons. The number of hydrogen-bond acceptors (Lipinski definition) is 9. The van der Waals surface area contributed by atoms with Crippen LogP contribution < -0.4 is 4.18 Å². The first-order valence-corrected chi connectivity index (χ1v) is 11.4. The standard InChI is InChI=1S/C9H12O12S4/c1-6-4-7(21-22(10)3-2-20-25(17,18)19)9(24(14,15)16)5-8(6)23(11,12)13/h4-5H,2-3H2,1H3,(H,11,12,13)(H,14,15,16)(H,17,18,19). The minimum atomic E-state index is -5.02. The number of hydrogen-bond donors (Lipinski definition) is 3. The molecule has 1 atom stereocenters. The largest absolute Gasteiger partial charge is 0.399 e. The molecule has 0 aliphatic carbocycles. The molecule has 0 amide bonds. The maximum absolute atomic E-state index is 11.7. The zero-order valence-corrected chi connectivity index (χ0v) is 15.5. The van der Waals surface area contributed by atoms with E-state index in [2.05, 4.69) is 4.18 Å². The second-order valence-corrected chi connectivity index (χ2v) is 9.41. The summed E-state index contributed by atoms with van der Waals surface area (Å²) in [5.74, 6) is -1.33. The van der Waals surface area contributed by atoms with Crippen molar-refractivity contribution in [2.24, 2.45) is 0 Å². The van der Waals surface area contributed by atoms with Gasteiger partial charge in [-0.15, -0.1) is 0 Å². The molecule has 0 aromatic heterocycles. The highest BCUT2D eigenvalue weighted by atomic mass is 32.3. The molecule has 0 fully saturated rings. The van der Waals surface area contributed by atoms with Crippen molar-refractivity contribution in [2.45, 2.75) is 16.7 Å². The second-order valence-electron chi connectivity index (χ2n) is 4.36. The summed E-state index contributed by atoms with van der Waals surface area (Å²) in [7, 11) is -14.6. The lowest BCUT2D eigenvalue weighted by atomic mass is 10.2. The van der Waals surface area contributed by atoms with Crippen LogP contribution in [-0.4, -0.2) is 55.5 Å². The normalized spacial score (nSPS) is 14.2. The summed E-state index contributed by atoms with van der Waals surface area (Å²) in [6, 6.07) is 1.19. The molecule has 1 unspecified atom stereocenters. The van der Waals surface area contributed by atoms with Gasteiger partial charge in [-0.05, 0) is 24.6 Å². The van der Waals surface area contributed by atoms with Gasteiger partial charge < -0.3 is 4.18 Å². The molecule has 16 heteroatoms. The first kappa shape index (κ1) is 21.9. The van der Waals surface area contributed by atoms with Crippen LogP contribution in [0, 0.1) is 6.92 Å². The van der Waals surface area contributed by atoms with Gasteiger partial charge in [0.2, 0.25) is 11.1 Å². The van der Waals surface area contributed by atoms with E-state index in [0.29, 0.717) is 6.07 Å². The van der Waals surface area contributed by atoms with Crippen LogP contribution >= 0.6 is 0 Å². The lowest BCUT2D eigenvalue weighted by molar-refractivity contribution is 0.283. The molecule has 0 aliphatic heterocycles. The molecule has 0 saturated heterocycles. The highest BCUT2D eigenvalue weighted by molar-refractivity contribution is 7.86. The molecule has 0 bridgehead atoms. The van der Waals surface area contributed by atoms with E-state index in [0.717, 1.165) is 13.0 Å². The number of rotatable bonds is 8. The van der Waals surface area contributed by atoms with Gasteiger partial charge in [0, 0.05) is 0 Å². The third kappa shape index (κ3) is 6.94. The zero-order chi connectivity index (χ0) is 19.6. The molecule has 0 aliphatic rings. The minimum absolute atomic E-state index is 0.184. The highest BCUT2D eigenvalue weighted by Gasteiger charge is 2.25. The molecule has 25 heavy (non-hydrogen) atoms. The summed E-state index contributed by atoms with van der Waals surface area (Å²) in [4.78, 5) is -1.91. The van der Waals surface area contributed by atoms with Gasteiger partial charge in [-0.3, -0.25) is 13.7 Å². The summed E-state index contributed by atoms with van der Waals surface area (Å²) in [5.41, 5.74) is -0.184. The van der Waals surface area contributed by atoms with E-state index in [4.69, 9.17) is 17.8 Å². The second kappa shape index (κ2) is 7.62. The first-order chi connectivity index (χ1) is 11.1. The Morgan fingerprint density at radius 1 is 0.960 bits per heavy atom. The van der Waals surface area contributed by atoms with Crippen molar-refractivity contribution in [3.63, 3.8) is 0 Å². The van der Waals surface area contributed by atoms with Crippen LogP contribution in [-0.2, 0) is 45.9 Å². The van der Waals surface area contributed by atoms with Gasteiger partial charge in [0.05, 0.1) is 17.3 Å². The van der Waals surface area contributed by atoms with Gasteiger partial charge in [-0.25, -0.2) is 8.39 Å². The summed E-state index contributed by atoms with van der Waals surface area (Å²) in [6.07, 6.45) is 0. The Balaban J connectivity index is 3.19. The van der Waals surface area contributed by atoms with E-state index < -0.39 is 69.6 Å². The smallest absolute Gasteiger partial charge is 0.397 e. The van der Waals surface area contributed by atoms with E-state index >= 15 is 0 Å². The van der Waals surface area contributed by atoms with Crippen molar-refractivity contribution in [3.05, 3.63) is 17.7 Å². The highest BCUT2D eigenvalue weighted by Crippen LogP contribution is 2.30. The van der Waals surface area contributed by atoms with E-state index in [9.17, 15) is 29.5 Å². The average Bonchev–Trinajstić information content (AvgIpc) is 2.33. The SMILES string of the molecule is Cc1cc(OS(=O)CCOS(=O)(=O)O)c(S(=O)(=O)O)cc1S(=O)(=O)O. The van der Waals surface area contributed by atoms with Gasteiger partial charge in [0.15, 0.2) is 5.75 Å². The van der Waals surface area contributed by atoms with Crippen LogP contribution in [0.4, 0.5) is 0 Å². The monoisotopic (exact) mass is 440 g/mol. The Hall–Kier alpha value is -1.14.